The molecule has 0 fully saturated rings. The molecule has 0 atom stereocenters. The number of para-hydroxylation sites is 1. The molecule has 0 aliphatic carbocycles. The van der Waals surface area contributed by atoms with Gasteiger partial charge >= 0.3 is 0 Å². The Hall–Kier alpha value is -1.59. The first-order valence-corrected chi connectivity index (χ1v) is 5.48. The number of rotatable bonds is 6. The summed E-state index contributed by atoms with van der Waals surface area (Å²) in [4.78, 5) is 22.6. The Morgan fingerprint density at radius 1 is 1.11 bits per heavy atom. The number of hydrogen-bond acceptors (Lipinski definition) is 3. The van der Waals surface area contributed by atoms with Crippen LogP contribution in [0.25, 0.3) is 0 Å². The number of anilines is 1. The van der Waals surface area contributed by atoms with Crippen LogP contribution >= 0.6 is 12.4 Å². The molecule has 0 radical (unpaired) electrons. The number of carbonyl (C=O) groups excluding carboxylic acids is 2. The number of likely N-dealkylation sites (N-methyl/N-ethyl adjacent to an activating group) is 1. The SMILES string of the molecule is CNCC(=O)NCCC(=O)Nc1ccccc1.Cl. The average Bonchev–Trinajstić information content (AvgIpc) is 2.30. The fourth-order valence-corrected chi connectivity index (χ4v) is 1.28. The van der Waals surface area contributed by atoms with Gasteiger partial charge in [0.15, 0.2) is 0 Å². The molecule has 5 nitrogen and oxygen atoms in total. The Balaban J connectivity index is 0.00000289. The van der Waals surface area contributed by atoms with Crippen molar-refractivity contribution < 1.29 is 9.59 Å². The van der Waals surface area contributed by atoms with Crippen molar-refractivity contribution in [3.63, 3.8) is 0 Å². The lowest BCUT2D eigenvalue weighted by Gasteiger charge is -2.06. The van der Waals surface area contributed by atoms with Crippen LogP contribution in [0.3, 0.4) is 0 Å². The van der Waals surface area contributed by atoms with Crippen molar-refractivity contribution in [2.24, 2.45) is 0 Å². The number of amides is 2. The van der Waals surface area contributed by atoms with Crippen LogP contribution in [-0.2, 0) is 9.59 Å². The lowest BCUT2D eigenvalue weighted by molar-refractivity contribution is -0.120. The number of benzene rings is 1. The van der Waals surface area contributed by atoms with E-state index in [9.17, 15) is 9.59 Å². The van der Waals surface area contributed by atoms with Gasteiger partial charge in [0.25, 0.3) is 0 Å². The molecule has 0 saturated heterocycles. The molecule has 2 amide bonds. The summed E-state index contributed by atoms with van der Waals surface area (Å²) in [6, 6.07) is 9.22. The Morgan fingerprint density at radius 2 is 1.78 bits per heavy atom. The minimum atomic E-state index is -0.111. The molecular formula is C12H18ClN3O2. The van der Waals surface area contributed by atoms with E-state index < -0.39 is 0 Å². The summed E-state index contributed by atoms with van der Waals surface area (Å²) >= 11 is 0. The third kappa shape index (κ3) is 6.88. The van der Waals surface area contributed by atoms with Gasteiger partial charge in [0, 0.05) is 18.7 Å². The molecule has 6 heteroatoms. The smallest absolute Gasteiger partial charge is 0.233 e. The van der Waals surface area contributed by atoms with Crippen molar-refractivity contribution in [2.75, 3.05) is 25.5 Å². The second-order valence-electron chi connectivity index (χ2n) is 3.54. The van der Waals surface area contributed by atoms with Crippen molar-refractivity contribution in [3.05, 3.63) is 30.3 Å². The van der Waals surface area contributed by atoms with E-state index in [2.05, 4.69) is 16.0 Å². The largest absolute Gasteiger partial charge is 0.354 e. The van der Waals surface area contributed by atoms with Gasteiger partial charge in [0.2, 0.25) is 11.8 Å². The monoisotopic (exact) mass is 271 g/mol. The molecule has 0 bridgehead atoms. The van der Waals surface area contributed by atoms with Gasteiger partial charge in [0.05, 0.1) is 6.54 Å². The highest BCUT2D eigenvalue weighted by Crippen LogP contribution is 2.04. The summed E-state index contributed by atoms with van der Waals surface area (Å²) in [7, 11) is 1.70. The summed E-state index contributed by atoms with van der Waals surface area (Å²) in [6.45, 7) is 0.611. The van der Waals surface area contributed by atoms with Crippen molar-refractivity contribution in [1.82, 2.24) is 10.6 Å². The molecule has 0 unspecified atom stereocenters. The first-order valence-electron chi connectivity index (χ1n) is 5.48. The molecule has 3 N–H and O–H groups in total. The van der Waals surface area contributed by atoms with E-state index in [0.29, 0.717) is 6.54 Å². The molecule has 1 aromatic carbocycles. The maximum Gasteiger partial charge on any atom is 0.233 e. The topological polar surface area (TPSA) is 70.2 Å². The molecule has 1 rings (SSSR count). The summed E-state index contributed by atoms with van der Waals surface area (Å²) in [5, 5.41) is 8.11. The summed E-state index contributed by atoms with van der Waals surface area (Å²) in [5.74, 6) is -0.221. The number of carbonyl (C=O) groups is 2. The van der Waals surface area contributed by atoms with Crippen LogP contribution in [0.4, 0.5) is 5.69 Å². The zero-order chi connectivity index (χ0) is 12.5. The average molecular weight is 272 g/mol. The van der Waals surface area contributed by atoms with Gasteiger partial charge in [-0.1, -0.05) is 18.2 Å². The van der Waals surface area contributed by atoms with Gasteiger partial charge in [-0.05, 0) is 19.2 Å². The molecule has 0 aromatic heterocycles. The molecule has 0 aliphatic heterocycles. The summed E-state index contributed by atoms with van der Waals surface area (Å²) in [6.07, 6.45) is 0.268. The van der Waals surface area contributed by atoms with E-state index in [1.54, 1.807) is 7.05 Å². The Kier molecular flexibility index (Phi) is 8.61. The lowest BCUT2D eigenvalue weighted by Crippen LogP contribution is -2.34. The standard InChI is InChI=1S/C12H17N3O2.ClH/c1-13-9-12(17)14-8-7-11(16)15-10-5-3-2-4-6-10;/h2-6,13H,7-9H2,1H3,(H,14,17)(H,15,16);1H. The summed E-state index contributed by atoms with van der Waals surface area (Å²) < 4.78 is 0. The number of nitrogens with one attached hydrogen (secondary N) is 3. The van der Waals surface area contributed by atoms with Crippen LogP contribution in [-0.4, -0.2) is 32.0 Å². The number of halogens is 1. The molecular weight excluding hydrogens is 254 g/mol. The van der Waals surface area contributed by atoms with E-state index in [4.69, 9.17) is 0 Å². The van der Waals surface area contributed by atoms with Gasteiger partial charge < -0.3 is 16.0 Å². The highest BCUT2D eigenvalue weighted by Gasteiger charge is 2.03. The van der Waals surface area contributed by atoms with E-state index in [1.807, 2.05) is 30.3 Å². The quantitative estimate of drug-likeness (QED) is 0.716. The van der Waals surface area contributed by atoms with E-state index in [0.717, 1.165) is 5.69 Å². The molecule has 100 valence electrons. The maximum atomic E-state index is 11.5. The molecule has 0 saturated carbocycles. The van der Waals surface area contributed by atoms with Crippen LogP contribution in [0, 0.1) is 0 Å². The Labute approximate surface area is 113 Å². The van der Waals surface area contributed by atoms with Gasteiger partial charge in [0.1, 0.15) is 0 Å². The molecule has 0 spiro atoms. The number of hydrogen-bond donors (Lipinski definition) is 3. The summed E-state index contributed by atoms with van der Waals surface area (Å²) in [5.41, 5.74) is 0.763. The maximum absolute atomic E-state index is 11.5. The fourth-order valence-electron chi connectivity index (χ4n) is 1.28. The highest BCUT2D eigenvalue weighted by atomic mass is 35.5. The second-order valence-corrected chi connectivity index (χ2v) is 3.54. The van der Waals surface area contributed by atoms with E-state index in [-0.39, 0.29) is 37.2 Å². The fraction of sp³-hybridized carbons (Fsp3) is 0.333. The lowest BCUT2D eigenvalue weighted by atomic mass is 10.3. The second kappa shape index (κ2) is 9.44. The Morgan fingerprint density at radius 3 is 2.39 bits per heavy atom. The molecule has 1 aromatic rings. The van der Waals surface area contributed by atoms with Crippen LogP contribution in [0.15, 0.2) is 30.3 Å². The first kappa shape index (κ1) is 16.4. The highest BCUT2D eigenvalue weighted by molar-refractivity contribution is 5.91. The predicted molar refractivity (Wildman–Crippen MR) is 73.9 cm³/mol. The van der Waals surface area contributed by atoms with E-state index >= 15 is 0 Å². The van der Waals surface area contributed by atoms with E-state index in [1.165, 1.54) is 0 Å². The van der Waals surface area contributed by atoms with Gasteiger partial charge in [-0.25, -0.2) is 0 Å². The van der Waals surface area contributed by atoms with Crippen LogP contribution < -0.4 is 16.0 Å². The molecule has 0 aliphatic rings. The normalized spacial score (nSPS) is 9.17. The minimum absolute atomic E-state index is 0. The van der Waals surface area contributed by atoms with Gasteiger partial charge in [-0.15, -0.1) is 12.4 Å². The van der Waals surface area contributed by atoms with Crippen molar-refractivity contribution >= 4 is 29.9 Å². The van der Waals surface area contributed by atoms with Crippen LogP contribution in [0.5, 0.6) is 0 Å². The zero-order valence-electron chi connectivity index (χ0n) is 10.2. The molecule has 18 heavy (non-hydrogen) atoms. The third-order valence-corrected chi connectivity index (χ3v) is 2.07. The van der Waals surface area contributed by atoms with Crippen LogP contribution in [0.2, 0.25) is 0 Å². The third-order valence-electron chi connectivity index (χ3n) is 2.07. The predicted octanol–water partition coefficient (Wildman–Crippen LogP) is 0.773. The first-order chi connectivity index (χ1) is 8.22. The Bertz CT molecular complexity index is 371. The van der Waals surface area contributed by atoms with Crippen molar-refractivity contribution in [1.29, 1.82) is 0 Å². The van der Waals surface area contributed by atoms with Gasteiger partial charge in [-0.3, -0.25) is 9.59 Å². The minimum Gasteiger partial charge on any atom is -0.354 e. The van der Waals surface area contributed by atoms with Crippen LogP contribution in [0.1, 0.15) is 6.42 Å². The van der Waals surface area contributed by atoms with Crippen molar-refractivity contribution in [3.8, 4) is 0 Å². The zero-order valence-corrected chi connectivity index (χ0v) is 11.0. The van der Waals surface area contributed by atoms with Gasteiger partial charge in [-0.2, -0.15) is 0 Å². The van der Waals surface area contributed by atoms with Crippen molar-refractivity contribution in [2.45, 2.75) is 6.42 Å². The molecule has 0 heterocycles.